The fraction of sp³-hybridized carbons (Fsp3) is 0.467. The van der Waals surface area contributed by atoms with Gasteiger partial charge in [0.1, 0.15) is 0 Å². The molecule has 2 aromatic rings. The van der Waals surface area contributed by atoms with Crippen LogP contribution in [0.1, 0.15) is 23.7 Å². The molecule has 0 aliphatic heterocycles. The van der Waals surface area contributed by atoms with E-state index in [2.05, 4.69) is 49.0 Å². The second-order valence-corrected chi connectivity index (χ2v) is 4.65. The van der Waals surface area contributed by atoms with Gasteiger partial charge in [-0.3, -0.25) is 0 Å². The van der Waals surface area contributed by atoms with E-state index >= 15 is 0 Å². The summed E-state index contributed by atoms with van der Waals surface area (Å²) in [6, 6.07) is 6.66. The van der Waals surface area contributed by atoms with Gasteiger partial charge in [0.05, 0.1) is 5.52 Å². The van der Waals surface area contributed by atoms with Crippen LogP contribution in [0.2, 0.25) is 0 Å². The lowest BCUT2D eigenvalue weighted by atomic mass is 10.1. The number of aromatic nitrogens is 1. The van der Waals surface area contributed by atoms with Crippen molar-refractivity contribution in [3.05, 3.63) is 35.0 Å². The minimum atomic E-state index is 1.03. The minimum absolute atomic E-state index is 1.03. The van der Waals surface area contributed by atoms with Gasteiger partial charge in [0, 0.05) is 31.1 Å². The average Bonchev–Trinajstić information content (AvgIpc) is 2.60. The van der Waals surface area contributed by atoms with Crippen molar-refractivity contribution in [1.82, 2.24) is 9.88 Å². The van der Waals surface area contributed by atoms with Gasteiger partial charge < -0.3 is 9.88 Å². The van der Waals surface area contributed by atoms with Crippen LogP contribution >= 0.6 is 0 Å². The van der Waals surface area contributed by atoms with E-state index in [4.69, 9.17) is 0 Å². The third-order valence-corrected chi connectivity index (χ3v) is 3.69. The first-order valence-corrected chi connectivity index (χ1v) is 6.41. The number of aryl methyl sites for hydroxylation is 3. The van der Waals surface area contributed by atoms with Gasteiger partial charge in [-0.1, -0.05) is 25.1 Å². The fourth-order valence-corrected chi connectivity index (χ4v) is 2.72. The topological polar surface area (TPSA) is 17.0 Å². The molecule has 0 unspecified atom stereocenters. The number of para-hydroxylation sites is 1. The number of rotatable bonds is 4. The normalized spacial score (nSPS) is 11.3. The molecule has 92 valence electrons. The maximum atomic E-state index is 3.23. The summed E-state index contributed by atoms with van der Waals surface area (Å²) in [7, 11) is 4.20. The van der Waals surface area contributed by atoms with Crippen LogP contribution in [0.3, 0.4) is 0 Å². The van der Waals surface area contributed by atoms with Crippen LogP contribution in [0, 0.1) is 6.92 Å². The smallest absolute Gasteiger partial charge is 0.0515 e. The molecule has 0 spiro atoms. The zero-order chi connectivity index (χ0) is 12.4. The Morgan fingerprint density at radius 2 is 2.06 bits per heavy atom. The SMILES string of the molecule is CCc1cccc2c(C)c(CCNC)n(C)c12. The van der Waals surface area contributed by atoms with Crippen LogP contribution in [-0.4, -0.2) is 18.2 Å². The number of fused-ring (bicyclic) bond motifs is 1. The van der Waals surface area contributed by atoms with Crippen molar-refractivity contribution in [3.8, 4) is 0 Å². The summed E-state index contributed by atoms with van der Waals surface area (Å²) in [6.07, 6.45) is 2.19. The van der Waals surface area contributed by atoms with Gasteiger partial charge in [0.15, 0.2) is 0 Å². The number of likely N-dealkylation sites (N-methyl/N-ethyl adjacent to an activating group) is 1. The molecular formula is C15H22N2. The summed E-state index contributed by atoms with van der Waals surface area (Å²) < 4.78 is 2.38. The Labute approximate surface area is 104 Å². The first-order valence-electron chi connectivity index (χ1n) is 6.41. The second kappa shape index (κ2) is 4.92. The van der Waals surface area contributed by atoms with E-state index < -0.39 is 0 Å². The standard InChI is InChI=1S/C15H22N2/c1-5-12-7-6-8-13-11(2)14(9-10-16-3)17(4)15(12)13/h6-8,16H,5,9-10H2,1-4H3. The molecule has 1 heterocycles. The second-order valence-electron chi connectivity index (χ2n) is 4.65. The summed E-state index contributed by atoms with van der Waals surface area (Å²) in [4.78, 5) is 0. The number of hydrogen-bond acceptors (Lipinski definition) is 1. The Balaban J connectivity index is 2.63. The van der Waals surface area contributed by atoms with Crippen molar-refractivity contribution in [3.63, 3.8) is 0 Å². The van der Waals surface area contributed by atoms with Gasteiger partial charge in [-0.2, -0.15) is 0 Å². The van der Waals surface area contributed by atoms with Crippen LogP contribution in [0.4, 0.5) is 0 Å². The van der Waals surface area contributed by atoms with Crippen LogP contribution < -0.4 is 5.32 Å². The molecule has 17 heavy (non-hydrogen) atoms. The predicted molar refractivity (Wildman–Crippen MR) is 74.7 cm³/mol. The Kier molecular flexibility index (Phi) is 3.53. The molecule has 0 aliphatic carbocycles. The molecule has 0 saturated carbocycles. The first-order chi connectivity index (χ1) is 8.20. The fourth-order valence-electron chi connectivity index (χ4n) is 2.72. The van der Waals surface area contributed by atoms with Gasteiger partial charge in [0.25, 0.3) is 0 Å². The molecule has 2 nitrogen and oxygen atoms in total. The predicted octanol–water partition coefficient (Wildman–Crippen LogP) is 2.81. The lowest BCUT2D eigenvalue weighted by Gasteiger charge is -2.07. The van der Waals surface area contributed by atoms with Crippen molar-refractivity contribution in [2.45, 2.75) is 26.7 Å². The van der Waals surface area contributed by atoms with E-state index in [9.17, 15) is 0 Å². The van der Waals surface area contributed by atoms with Crippen molar-refractivity contribution in [2.24, 2.45) is 7.05 Å². The van der Waals surface area contributed by atoms with E-state index in [1.807, 2.05) is 7.05 Å². The van der Waals surface area contributed by atoms with E-state index in [0.29, 0.717) is 0 Å². The van der Waals surface area contributed by atoms with Gasteiger partial charge in [0.2, 0.25) is 0 Å². The number of nitrogens with one attached hydrogen (secondary N) is 1. The molecule has 0 atom stereocenters. The highest BCUT2D eigenvalue weighted by Gasteiger charge is 2.12. The highest BCUT2D eigenvalue weighted by molar-refractivity contribution is 5.88. The highest BCUT2D eigenvalue weighted by Crippen LogP contribution is 2.27. The van der Waals surface area contributed by atoms with E-state index in [1.165, 1.54) is 27.7 Å². The average molecular weight is 230 g/mol. The van der Waals surface area contributed by atoms with Crippen LogP contribution in [0.25, 0.3) is 10.9 Å². The molecule has 1 aromatic carbocycles. The quantitative estimate of drug-likeness (QED) is 0.854. The van der Waals surface area contributed by atoms with E-state index in [0.717, 1.165) is 19.4 Å². The van der Waals surface area contributed by atoms with Crippen molar-refractivity contribution in [1.29, 1.82) is 0 Å². The lowest BCUT2D eigenvalue weighted by molar-refractivity contribution is 0.741. The van der Waals surface area contributed by atoms with Crippen LogP contribution in [-0.2, 0) is 19.9 Å². The zero-order valence-electron chi connectivity index (χ0n) is 11.3. The third-order valence-electron chi connectivity index (χ3n) is 3.69. The number of nitrogens with zero attached hydrogens (tertiary/aromatic N) is 1. The van der Waals surface area contributed by atoms with Crippen molar-refractivity contribution in [2.75, 3.05) is 13.6 Å². The van der Waals surface area contributed by atoms with Crippen LogP contribution in [0.5, 0.6) is 0 Å². The molecule has 2 heteroatoms. The van der Waals surface area contributed by atoms with Crippen molar-refractivity contribution < 1.29 is 0 Å². The molecule has 0 fully saturated rings. The maximum Gasteiger partial charge on any atom is 0.0515 e. The Hall–Kier alpha value is -1.28. The Morgan fingerprint density at radius 3 is 2.71 bits per heavy atom. The summed E-state index contributed by atoms with van der Waals surface area (Å²) in [5, 5.41) is 4.65. The minimum Gasteiger partial charge on any atom is -0.347 e. The molecule has 0 amide bonds. The summed E-state index contributed by atoms with van der Waals surface area (Å²) in [5.74, 6) is 0. The molecule has 0 bridgehead atoms. The number of hydrogen-bond donors (Lipinski definition) is 1. The lowest BCUT2D eigenvalue weighted by Crippen LogP contribution is -2.13. The largest absolute Gasteiger partial charge is 0.347 e. The van der Waals surface area contributed by atoms with Crippen LogP contribution in [0.15, 0.2) is 18.2 Å². The Morgan fingerprint density at radius 1 is 1.29 bits per heavy atom. The first kappa shape index (κ1) is 12.2. The molecule has 0 saturated heterocycles. The van der Waals surface area contributed by atoms with E-state index in [-0.39, 0.29) is 0 Å². The van der Waals surface area contributed by atoms with Gasteiger partial charge in [-0.05, 0) is 31.5 Å². The van der Waals surface area contributed by atoms with Gasteiger partial charge in [-0.15, -0.1) is 0 Å². The summed E-state index contributed by atoms with van der Waals surface area (Å²) in [6.45, 7) is 5.50. The highest BCUT2D eigenvalue weighted by atomic mass is 15.0. The zero-order valence-corrected chi connectivity index (χ0v) is 11.3. The van der Waals surface area contributed by atoms with Crippen molar-refractivity contribution >= 4 is 10.9 Å². The molecule has 2 rings (SSSR count). The Bertz CT molecular complexity index is 523. The maximum absolute atomic E-state index is 3.23. The van der Waals surface area contributed by atoms with E-state index in [1.54, 1.807) is 0 Å². The summed E-state index contributed by atoms with van der Waals surface area (Å²) >= 11 is 0. The van der Waals surface area contributed by atoms with Gasteiger partial charge in [-0.25, -0.2) is 0 Å². The molecular weight excluding hydrogens is 208 g/mol. The monoisotopic (exact) mass is 230 g/mol. The van der Waals surface area contributed by atoms with Gasteiger partial charge >= 0.3 is 0 Å². The molecule has 0 radical (unpaired) electrons. The molecule has 0 aliphatic rings. The molecule has 1 N–H and O–H groups in total. The summed E-state index contributed by atoms with van der Waals surface area (Å²) in [5.41, 5.74) is 5.76. The number of benzene rings is 1. The third kappa shape index (κ3) is 1.98. The molecule has 1 aromatic heterocycles.